The van der Waals surface area contributed by atoms with Gasteiger partial charge in [-0.25, -0.2) is 4.98 Å². The minimum Gasteiger partial charge on any atom is -0.351 e. The van der Waals surface area contributed by atoms with E-state index >= 15 is 0 Å². The van der Waals surface area contributed by atoms with Crippen LogP contribution in [0.2, 0.25) is 0 Å². The highest BCUT2D eigenvalue weighted by molar-refractivity contribution is 5.81. The summed E-state index contributed by atoms with van der Waals surface area (Å²) in [7, 11) is 0. The number of aromatic nitrogens is 2. The molecule has 0 aliphatic heterocycles. The van der Waals surface area contributed by atoms with Crippen molar-refractivity contribution in [3.05, 3.63) is 30.1 Å². The van der Waals surface area contributed by atoms with Gasteiger partial charge in [0.2, 0.25) is 5.91 Å². The summed E-state index contributed by atoms with van der Waals surface area (Å²) in [6.45, 7) is 6.93. The number of carbonyl (C=O) groups excluding carboxylic acids is 1. The van der Waals surface area contributed by atoms with Gasteiger partial charge < -0.3 is 9.88 Å². The quantitative estimate of drug-likeness (QED) is 0.936. The SMILES string of the molecule is C[C@H](Cn1c(C(F)(F)F)cc2cccnc21)NC(=O)C(C)(C)C. The summed E-state index contributed by atoms with van der Waals surface area (Å²) < 4.78 is 40.9. The lowest BCUT2D eigenvalue weighted by Gasteiger charge is -2.23. The fourth-order valence-corrected chi connectivity index (χ4v) is 2.27. The number of nitrogens with one attached hydrogen (secondary N) is 1. The third-order valence-electron chi connectivity index (χ3n) is 3.46. The van der Waals surface area contributed by atoms with Crippen LogP contribution in [0.15, 0.2) is 24.4 Å². The van der Waals surface area contributed by atoms with Gasteiger partial charge in [-0.05, 0) is 25.1 Å². The second kappa shape index (κ2) is 5.86. The molecule has 0 unspecified atom stereocenters. The van der Waals surface area contributed by atoms with Crippen LogP contribution in [-0.2, 0) is 17.5 Å². The molecule has 0 spiro atoms. The Kier molecular flexibility index (Phi) is 4.41. The lowest BCUT2D eigenvalue weighted by Crippen LogP contribution is -2.42. The van der Waals surface area contributed by atoms with Crippen molar-refractivity contribution in [2.75, 3.05) is 0 Å². The maximum Gasteiger partial charge on any atom is 0.431 e. The number of fused-ring (bicyclic) bond motifs is 1. The summed E-state index contributed by atoms with van der Waals surface area (Å²) in [5.74, 6) is -0.206. The molecule has 0 bridgehead atoms. The van der Waals surface area contributed by atoms with E-state index in [1.165, 1.54) is 6.20 Å². The monoisotopic (exact) mass is 327 g/mol. The standard InChI is InChI=1S/C16H20F3N3O/c1-10(21-14(23)15(2,3)4)9-22-12(16(17,18)19)8-11-6-5-7-20-13(11)22/h5-8,10H,9H2,1-4H3,(H,21,23)/t10-/m1/s1. The molecule has 0 aromatic carbocycles. The number of rotatable bonds is 3. The van der Waals surface area contributed by atoms with Gasteiger partial charge in [-0.15, -0.1) is 0 Å². The van der Waals surface area contributed by atoms with Crippen LogP contribution in [0.1, 0.15) is 33.4 Å². The highest BCUT2D eigenvalue weighted by Crippen LogP contribution is 2.33. The Balaban J connectivity index is 2.33. The average molecular weight is 327 g/mol. The van der Waals surface area contributed by atoms with Crippen molar-refractivity contribution >= 4 is 16.9 Å². The Morgan fingerprint density at radius 3 is 2.57 bits per heavy atom. The predicted molar refractivity (Wildman–Crippen MR) is 81.8 cm³/mol. The van der Waals surface area contributed by atoms with Gasteiger partial charge in [-0.1, -0.05) is 20.8 Å². The molecule has 0 radical (unpaired) electrons. The van der Waals surface area contributed by atoms with Crippen molar-refractivity contribution in [3.63, 3.8) is 0 Å². The summed E-state index contributed by atoms with van der Waals surface area (Å²) in [5.41, 5.74) is -1.10. The van der Waals surface area contributed by atoms with Gasteiger partial charge in [-0.3, -0.25) is 4.79 Å². The van der Waals surface area contributed by atoms with Crippen LogP contribution in [0.4, 0.5) is 13.2 Å². The molecule has 0 saturated heterocycles. The largest absolute Gasteiger partial charge is 0.431 e. The summed E-state index contributed by atoms with van der Waals surface area (Å²) >= 11 is 0. The van der Waals surface area contributed by atoms with E-state index in [0.717, 1.165) is 10.6 Å². The zero-order chi connectivity index (χ0) is 17.4. The van der Waals surface area contributed by atoms with Crippen LogP contribution in [0.3, 0.4) is 0 Å². The number of amides is 1. The minimum atomic E-state index is -4.48. The first-order valence-electron chi connectivity index (χ1n) is 7.32. The van der Waals surface area contributed by atoms with Crippen LogP contribution in [0.25, 0.3) is 11.0 Å². The van der Waals surface area contributed by atoms with E-state index in [1.54, 1.807) is 39.8 Å². The minimum absolute atomic E-state index is 0.00280. The van der Waals surface area contributed by atoms with Gasteiger partial charge in [0.15, 0.2) is 0 Å². The molecule has 0 aliphatic carbocycles. The summed E-state index contributed by atoms with van der Waals surface area (Å²) in [5, 5.41) is 3.17. The normalized spacial score (nSPS) is 14.0. The van der Waals surface area contributed by atoms with Crippen LogP contribution in [0, 0.1) is 5.41 Å². The van der Waals surface area contributed by atoms with Crippen LogP contribution < -0.4 is 5.32 Å². The molecule has 0 fully saturated rings. The maximum absolute atomic E-state index is 13.3. The summed E-state index contributed by atoms with van der Waals surface area (Å²) in [4.78, 5) is 16.0. The van der Waals surface area contributed by atoms with Crippen molar-refractivity contribution in [2.24, 2.45) is 5.41 Å². The Labute approximate surface area is 132 Å². The number of pyridine rings is 1. The topological polar surface area (TPSA) is 46.9 Å². The van der Waals surface area contributed by atoms with E-state index in [4.69, 9.17) is 0 Å². The van der Waals surface area contributed by atoms with Gasteiger partial charge in [0, 0.05) is 29.6 Å². The number of hydrogen-bond acceptors (Lipinski definition) is 2. The highest BCUT2D eigenvalue weighted by Gasteiger charge is 2.36. The number of carbonyl (C=O) groups is 1. The first kappa shape index (κ1) is 17.3. The number of alkyl halides is 3. The molecule has 0 saturated carbocycles. The molecule has 23 heavy (non-hydrogen) atoms. The van der Waals surface area contributed by atoms with E-state index in [2.05, 4.69) is 10.3 Å². The van der Waals surface area contributed by atoms with Gasteiger partial charge in [0.25, 0.3) is 0 Å². The van der Waals surface area contributed by atoms with Crippen LogP contribution >= 0.6 is 0 Å². The van der Waals surface area contributed by atoms with E-state index in [0.29, 0.717) is 5.39 Å². The van der Waals surface area contributed by atoms with Crippen molar-refractivity contribution in [1.29, 1.82) is 0 Å². The van der Waals surface area contributed by atoms with Gasteiger partial charge in [-0.2, -0.15) is 13.2 Å². The fraction of sp³-hybridized carbons (Fsp3) is 0.500. The Hall–Kier alpha value is -2.05. The molecule has 2 rings (SSSR count). The van der Waals surface area contributed by atoms with Crippen LogP contribution in [0.5, 0.6) is 0 Å². The molecule has 1 amide bonds. The number of nitrogens with zero attached hydrogens (tertiary/aromatic N) is 2. The zero-order valence-electron chi connectivity index (χ0n) is 13.5. The fourth-order valence-electron chi connectivity index (χ4n) is 2.27. The Bertz CT molecular complexity index is 713. The second-order valence-corrected chi connectivity index (χ2v) is 6.68. The van der Waals surface area contributed by atoms with Crippen molar-refractivity contribution in [2.45, 2.75) is 46.5 Å². The molecule has 2 heterocycles. The van der Waals surface area contributed by atoms with Gasteiger partial charge >= 0.3 is 6.18 Å². The number of hydrogen-bond donors (Lipinski definition) is 1. The smallest absolute Gasteiger partial charge is 0.351 e. The molecule has 7 heteroatoms. The van der Waals surface area contributed by atoms with Crippen molar-refractivity contribution < 1.29 is 18.0 Å². The molecule has 126 valence electrons. The first-order valence-corrected chi connectivity index (χ1v) is 7.32. The van der Waals surface area contributed by atoms with Crippen molar-refractivity contribution in [1.82, 2.24) is 14.9 Å². The summed E-state index contributed by atoms with van der Waals surface area (Å²) in [6.07, 6.45) is -3.02. The average Bonchev–Trinajstić information content (AvgIpc) is 2.76. The molecule has 0 aliphatic rings. The molecule has 1 atom stereocenters. The maximum atomic E-state index is 13.3. The summed E-state index contributed by atoms with van der Waals surface area (Å²) in [6, 6.07) is 3.81. The predicted octanol–water partition coefficient (Wildman–Crippen LogP) is 3.61. The van der Waals surface area contributed by atoms with E-state index in [1.807, 2.05) is 0 Å². The lowest BCUT2D eigenvalue weighted by atomic mass is 9.95. The highest BCUT2D eigenvalue weighted by atomic mass is 19.4. The third kappa shape index (κ3) is 3.83. The molecule has 2 aromatic heterocycles. The van der Waals surface area contributed by atoms with Gasteiger partial charge in [0.1, 0.15) is 11.3 Å². The van der Waals surface area contributed by atoms with Crippen LogP contribution in [-0.4, -0.2) is 21.5 Å². The second-order valence-electron chi connectivity index (χ2n) is 6.68. The van der Waals surface area contributed by atoms with Crippen molar-refractivity contribution in [3.8, 4) is 0 Å². The molecular weight excluding hydrogens is 307 g/mol. The number of halogens is 3. The first-order chi connectivity index (χ1) is 10.5. The van der Waals surface area contributed by atoms with E-state index in [-0.39, 0.29) is 18.1 Å². The van der Waals surface area contributed by atoms with Gasteiger partial charge in [0.05, 0.1) is 0 Å². The Morgan fingerprint density at radius 2 is 2.00 bits per heavy atom. The lowest BCUT2D eigenvalue weighted by molar-refractivity contribution is -0.143. The third-order valence-corrected chi connectivity index (χ3v) is 3.46. The molecule has 4 nitrogen and oxygen atoms in total. The van der Waals surface area contributed by atoms with E-state index in [9.17, 15) is 18.0 Å². The zero-order valence-corrected chi connectivity index (χ0v) is 13.5. The molecule has 2 aromatic rings. The molecular formula is C16H20F3N3O. The Morgan fingerprint density at radius 1 is 1.35 bits per heavy atom. The van der Waals surface area contributed by atoms with E-state index < -0.39 is 23.3 Å². The molecule has 1 N–H and O–H groups in total.